The first-order chi connectivity index (χ1) is 17.2. The first-order valence-corrected chi connectivity index (χ1v) is 14.6. The average molecular weight is 551 g/mol. The molecular formula is C25H31ClN4O4S2. The number of anilines is 1. The van der Waals surface area contributed by atoms with E-state index in [1.165, 1.54) is 27.8 Å². The summed E-state index contributed by atoms with van der Waals surface area (Å²) >= 11 is 7.37. The van der Waals surface area contributed by atoms with Gasteiger partial charge in [-0.3, -0.25) is 9.69 Å². The molecule has 0 radical (unpaired) electrons. The fourth-order valence-corrected chi connectivity index (χ4v) is 7.11. The molecule has 1 atom stereocenters. The molecule has 2 aromatic carbocycles. The fourth-order valence-electron chi connectivity index (χ4n) is 4.31. The second-order valence-electron chi connectivity index (χ2n) is 8.93. The number of carbonyl (C=O) groups is 1. The van der Waals surface area contributed by atoms with Gasteiger partial charge in [-0.2, -0.15) is 4.31 Å². The van der Waals surface area contributed by atoms with Crippen LogP contribution in [0, 0.1) is 0 Å². The Labute approximate surface area is 221 Å². The molecule has 1 amide bonds. The molecule has 2 heterocycles. The summed E-state index contributed by atoms with van der Waals surface area (Å²) in [4.78, 5) is 22.5. The molecule has 8 nitrogen and oxygen atoms in total. The fraction of sp³-hybridized carbons (Fsp3) is 0.440. The first kappa shape index (κ1) is 26.8. The molecule has 4 rings (SSSR count). The number of ether oxygens (including phenoxy) is 1. The summed E-state index contributed by atoms with van der Waals surface area (Å²) in [5.41, 5.74) is 0.779. The molecule has 11 heteroatoms. The lowest BCUT2D eigenvalue weighted by atomic mass is 10.2. The van der Waals surface area contributed by atoms with Gasteiger partial charge in [0.05, 0.1) is 21.7 Å². The van der Waals surface area contributed by atoms with Crippen LogP contribution in [0.3, 0.4) is 0 Å². The molecule has 1 unspecified atom stereocenters. The third-order valence-electron chi connectivity index (χ3n) is 6.05. The van der Waals surface area contributed by atoms with Gasteiger partial charge in [0.1, 0.15) is 11.8 Å². The zero-order valence-corrected chi connectivity index (χ0v) is 23.1. The van der Waals surface area contributed by atoms with Crippen LogP contribution in [0.25, 0.3) is 10.2 Å². The largest absolute Gasteiger partial charge is 0.494 e. The molecule has 3 aromatic rings. The minimum Gasteiger partial charge on any atom is -0.494 e. The summed E-state index contributed by atoms with van der Waals surface area (Å²) in [5.74, 6) is 0.509. The van der Waals surface area contributed by atoms with Crippen LogP contribution in [-0.4, -0.2) is 74.9 Å². The minimum atomic E-state index is -3.85. The lowest BCUT2D eigenvalue weighted by Gasteiger charge is -2.29. The molecule has 0 bridgehead atoms. The van der Waals surface area contributed by atoms with E-state index in [4.69, 9.17) is 21.3 Å². The van der Waals surface area contributed by atoms with E-state index in [1.54, 1.807) is 17.0 Å². The van der Waals surface area contributed by atoms with Gasteiger partial charge in [-0.1, -0.05) is 22.9 Å². The average Bonchev–Trinajstić information content (AvgIpc) is 3.49. The molecule has 0 aliphatic carbocycles. The maximum atomic E-state index is 13.9. The van der Waals surface area contributed by atoms with Gasteiger partial charge in [0, 0.05) is 18.1 Å². The number of halogens is 1. The molecule has 0 spiro atoms. The molecule has 1 saturated heterocycles. The molecule has 36 heavy (non-hydrogen) atoms. The SMILES string of the molecule is CCOc1ccc2nc(N(CCCN(C)C)C(=O)C3CCCN3S(=O)(=O)c3ccc(Cl)cc3)sc2c1. The highest BCUT2D eigenvalue weighted by Crippen LogP contribution is 2.34. The zero-order chi connectivity index (χ0) is 25.9. The third kappa shape index (κ3) is 5.84. The van der Waals surface area contributed by atoms with Crippen molar-refractivity contribution in [1.29, 1.82) is 0 Å². The van der Waals surface area contributed by atoms with Crippen LogP contribution in [0.4, 0.5) is 5.13 Å². The van der Waals surface area contributed by atoms with Crippen molar-refractivity contribution in [1.82, 2.24) is 14.2 Å². The summed E-state index contributed by atoms with van der Waals surface area (Å²) in [6.07, 6.45) is 1.82. The van der Waals surface area contributed by atoms with Gasteiger partial charge in [0.25, 0.3) is 0 Å². The number of fused-ring (bicyclic) bond motifs is 1. The summed E-state index contributed by atoms with van der Waals surface area (Å²) in [5, 5.41) is 1.02. The molecule has 1 aliphatic heterocycles. The molecule has 0 saturated carbocycles. The Bertz CT molecular complexity index is 1310. The van der Waals surface area contributed by atoms with Crippen molar-refractivity contribution in [2.24, 2.45) is 0 Å². The van der Waals surface area contributed by atoms with E-state index in [1.807, 2.05) is 39.2 Å². The van der Waals surface area contributed by atoms with Gasteiger partial charge in [-0.05, 0) is 89.3 Å². The lowest BCUT2D eigenvalue weighted by Crippen LogP contribution is -2.48. The maximum Gasteiger partial charge on any atom is 0.247 e. The number of aromatic nitrogens is 1. The summed E-state index contributed by atoms with van der Waals surface area (Å²) in [6, 6.07) is 11.0. The van der Waals surface area contributed by atoms with Gasteiger partial charge < -0.3 is 9.64 Å². The quantitative estimate of drug-likeness (QED) is 0.370. The number of sulfonamides is 1. The Kier molecular flexibility index (Phi) is 8.52. The predicted molar refractivity (Wildman–Crippen MR) is 145 cm³/mol. The predicted octanol–water partition coefficient (Wildman–Crippen LogP) is 4.49. The molecule has 194 valence electrons. The summed E-state index contributed by atoms with van der Waals surface area (Å²) in [6.45, 7) is 4.02. The normalized spacial score (nSPS) is 16.6. The second-order valence-corrected chi connectivity index (χ2v) is 12.3. The number of amides is 1. The number of thiazole rings is 1. The van der Waals surface area contributed by atoms with Crippen molar-refractivity contribution < 1.29 is 17.9 Å². The first-order valence-electron chi connectivity index (χ1n) is 12.0. The Morgan fingerprint density at radius 1 is 1.19 bits per heavy atom. The van der Waals surface area contributed by atoms with Gasteiger partial charge in [-0.15, -0.1) is 0 Å². The summed E-state index contributed by atoms with van der Waals surface area (Å²) in [7, 11) is 0.115. The molecule has 0 N–H and O–H groups in total. The second kappa shape index (κ2) is 11.4. The van der Waals surface area contributed by atoms with Crippen LogP contribution >= 0.6 is 22.9 Å². The molecule has 1 aromatic heterocycles. The number of rotatable bonds is 10. The Morgan fingerprint density at radius 2 is 1.94 bits per heavy atom. The number of benzene rings is 2. The number of hydrogen-bond donors (Lipinski definition) is 0. The van der Waals surface area contributed by atoms with Crippen molar-refractivity contribution in [3.8, 4) is 5.75 Å². The van der Waals surface area contributed by atoms with E-state index in [0.717, 1.165) is 28.9 Å². The van der Waals surface area contributed by atoms with E-state index in [9.17, 15) is 13.2 Å². The topological polar surface area (TPSA) is 83.1 Å². The molecule has 1 aliphatic rings. The number of hydrogen-bond acceptors (Lipinski definition) is 7. The highest BCUT2D eigenvalue weighted by Gasteiger charge is 2.42. The number of carbonyl (C=O) groups excluding carboxylic acids is 1. The van der Waals surface area contributed by atoms with Crippen molar-refractivity contribution in [3.63, 3.8) is 0 Å². The molecule has 1 fully saturated rings. The smallest absolute Gasteiger partial charge is 0.247 e. The van der Waals surface area contributed by atoms with Gasteiger partial charge in [0.15, 0.2) is 5.13 Å². The van der Waals surface area contributed by atoms with E-state index in [0.29, 0.717) is 42.7 Å². The van der Waals surface area contributed by atoms with Gasteiger partial charge in [-0.25, -0.2) is 13.4 Å². The van der Waals surface area contributed by atoms with Gasteiger partial charge >= 0.3 is 0 Å². The van der Waals surface area contributed by atoms with Crippen molar-refractivity contribution >= 4 is 54.2 Å². The van der Waals surface area contributed by atoms with Crippen LogP contribution in [0.1, 0.15) is 26.2 Å². The third-order valence-corrected chi connectivity index (χ3v) is 9.27. The van der Waals surface area contributed by atoms with Crippen LogP contribution in [0.15, 0.2) is 47.4 Å². The van der Waals surface area contributed by atoms with E-state index < -0.39 is 16.1 Å². The van der Waals surface area contributed by atoms with Crippen LogP contribution in [0.2, 0.25) is 5.02 Å². The van der Waals surface area contributed by atoms with Crippen molar-refractivity contribution in [2.75, 3.05) is 45.2 Å². The highest BCUT2D eigenvalue weighted by molar-refractivity contribution is 7.89. The maximum absolute atomic E-state index is 13.9. The van der Waals surface area contributed by atoms with Crippen molar-refractivity contribution in [2.45, 2.75) is 37.1 Å². The monoisotopic (exact) mass is 550 g/mol. The standard InChI is InChI=1S/C25H31ClN4O4S2/c1-4-34-19-10-13-21-23(17-19)35-25(27-21)29(15-6-14-28(2)3)24(31)22-7-5-16-30(22)36(32,33)20-11-8-18(26)9-12-20/h8-13,17,22H,4-7,14-16H2,1-3H3. The number of nitrogens with zero attached hydrogens (tertiary/aromatic N) is 4. The zero-order valence-electron chi connectivity index (χ0n) is 20.7. The minimum absolute atomic E-state index is 0.134. The highest BCUT2D eigenvalue weighted by atomic mass is 35.5. The summed E-state index contributed by atoms with van der Waals surface area (Å²) < 4.78 is 34.7. The van der Waals surface area contributed by atoms with Crippen LogP contribution < -0.4 is 9.64 Å². The van der Waals surface area contributed by atoms with Gasteiger partial charge in [0.2, 0.25) is 15.9 Å². The van der Waals surface area contributed by atoms with Crippen LogP contribution in [-0.2, 0) is 14.8 Å². The van der Waals surface area contributed by atoms with E-state index in [2.05, 4.69) is 4.90 Å². The lowest BCUT2D eigenvalue weighted by molar-refractivity contribution is -0.121. The van der Waals surface area contributed by atoms with E-state index in [-0.39, 0.29) is 10.8 Å². The Morgan fingerprint density at radius 3 is 2.64 bits per heavy atom. The van der Waals surface area contributed by atoms with E-state index >= 15 is 0 Å². The van der Waals surface area contributed by atoms with Crippen LogP contribution in [0.5, 0.6) is 5.75 Å². The Balaban J connectivity index is 1.65. The van der Waals surface area contributed by atoms with Crippen molar-refractivity contribution in [3.05, 3.63) is 47.5 Å². The Hall–Kier alpha value is -2.24. The molecular weight excluding hydrogens is 520 g/mol.